The van der Waals surface area contributed by atoms with Crippen molar-refractivity contribution < 1.29 is 0 Å². The van der Waals surface area contributed by atoms with E-state index in [0.29, 0.717) is 0 Å². The number of rotatable bonds is 5. The summed E-state index contributed by atoms with van der Waals surface area (Å²) in [5.74, 6) is 0. The Morgan fingerprint density at radius 2 is 1.94 bits per heavy atom. The van der Waals surface area contributed by atoms with Crippen molar-refractivity contribution in [3.63, 3.8) is 0 Å². The molecule has 0 spiro atoms. The second-order valence-electron chi connectivity index (χ2n) is 4.03. The zero-order chi connectivity index (χ0) is 12.1. The zero-order valence-electron chi connectivity index (χ0n) is 9.97. The first-order valence-corrected chi connectivity index (χ1v) is 5.78. The van der Waals surface area contributed by atoms with Crippen molar-refractivity contribution in [2.45, 2.75) is 13.0 Å². The molecule has 0 fully saturated rings. The molecule has 0 saturated heterocycles. The fourth-order valence-corrected chi connectivity index (χ4v) is 1.72. The molecule has 0 aliphatic heterocycles. The van der Waals surface area contributed by atoms with E-state index < -0.39 is 0 Å². The lowest BCUT2D eigenvalue weighted by atomic mass is 10.3. The summed E-state index contributed by atoms with van der Waals surface area (Å²) in [5, 5.41) is 3.32. The average molecular weight is 231 g/mol. The van der Waals surface area contributed by atoms with Crippen LogP contribution in [0.15, 0.2) is 47.5 Å². The minimum absolute atomic E-state index is 0.0460. The van der Waals surface area contributed by atoms with E-state index in [4.69, 9.17) is 0 Å². The second-order valence-corrected chi connectivity index (χ2v) is 4.03. The summed E-state index contributed by atoms with van der Waals surface area (Å²) in [4.78, 5) is 11.5. The highest BCUT2D eigenvalue weighted by Gasteiger charge is 1.98. The predicted octanol–water partition coefficient (Wildman–Crippen LogP) is 1.69. The molecular weight excluding hydrogens is 214 g/mol. The largest absolute Gasteiger partial charge is 0.385 e. The molecule has 0 aliphatic carbocycles. The molecule has 2 aromatic rings. The van der Waals surface area contributed by atoms with Gasteiger partial charge in [0.1, 0.15) is 0 Å². The Morgan fingerprint density at radius 3 is 2.59 bits per heavy atom. The number of nitrogens with one attached hydrogen (secondary N) is 1. The van der Waals surface area contributed by atoms with Gasteiger partial charge in [-0.2, -0.15) is 0 Å². The van der Waals surface area contributed by atoms with E-state index >= 15 is 0 Å². The van der Waals surface area contributed by atoms with Crippen LogP contribution >= 0.6 is 0 Å². The number of hydrogen-bond acceptors (Lipinski definition) is 2. The van der Waals surface area contributed by atoms with E-state index in [1.807, 2.05) is 36.5 Å². The van der Waals surface area contributed by atoms with Crippen LogP contribution in [-0.4, -0.2) is 15.7 Å². The highest BCUT2D eigenvalue weighted by Crippen LogP contribution is 2.04. The third kappa shape index (κ3) is 3.00. The number of hydrogen-bond donors (Lipinski definition) is 1. The third-order valence-corrected chi connectivity index (χ3v) is 2.70. The molecule has 0 aliphatic rings. The van der Waals surface area contributed by atoms with Gasteiger partial charge in [0.25, 0.3) is 0 Å². The molecule has 90 valence electrons. The van der Waals surface area contributed by atoms with Crippen molar-refractivity contribution in [3.8, 4) is 0 Å². The van der Waals surface area contributed by atoms with E-state index in [-0.39, 0.29) is 5.69 Å². The van der Waals surface area contributed by atoms with E-state index in [1.165, 1.54) is 0 Å². The highest BCUT2D eigenvalue weighted by atomic mass is 16.1. The Kier molecular flexibility index (Phi) is 3.65. The lowest BCUT2D eigenvalue weighted by Gasteiger charge is -2.05. The van der Waals surface area contributed by atoms with Crippen LogP contribution in [0, 0.1) is 0 Å². The molecule has 0 saturated carbocycles. The number of aryl methyl sites for hydroxylation is 2. The van der Waals surface area contributed by atoms with Crippen molar-refractivity contribution >= 4 is 5.69 Å². The molecule has 17 heavy (non-hydrogen) atoms. The minimum atomic E-state index is 0.0460. The van der Waals surface area contributed by atoms with E-state index in [9.17, 15) is 4.79 Å². The molecule has 0 bridgehead atoms. The lowest BCUT2D eigenvalue weighted by Crippen LogP contribution is -2.22. The molecule has 1 heterocycles. The van der Waals surface area contributed by atoms with Gasteiger partial charge in [-0.25, -0.2) is 4.79 Å². The first-order valence-electron chi connectivity index (χ1n) is 5.78. The molecule has 1 N–H and O–H groups in total. The van der Waals surface area contributed by atoms with Crippen molar-refractivity contribution in [1.82, 2.24) is 9.13 Å². The Labute approximate surface area is 101 Å². The van der Waals surface area contributed by atoms with Crippen LogP contribution in [0.1, 0.15) is 6.42 Å². The Morgan fingerprint density at radius 1 is 1.18 bits per heavy atom. The Hall–Kier alpha value is -1.97. The first kappa shape index (κ1) is 11.5. The summed E-state index contributed by atoms with van der Waals surface area (Å²) in [7, 11) is 1.76. The Bertz CT molecular complexity index is 513. The van der Waals surface area contributed by atoms with E-state index in [1.54, 1.807) is 22.4 Å². The number of anilines is 1. The smallest absolute Gasteiger partial charge is 0.327 e. The maximum absolute atomic E-state index is 11.5. The lowest BCUT2D eigenvalue weighted by molar-refractivity contribution is 0.624. The van der Waals surface area contributed by atoms with Crippen LogP contribution in [0.5, 0.6) is 0 Å². The molecule has 1 aromatic heterocycles. The van der Waals surface area contributed by atoms with Gasteiger partial charge in [0.05, 0.1) is 0 Å². The molecule has 4 heteroatoms. The molecule has 2 rings (SSSR count). The van der Waals surface area contributed by atoms with Crippen molar-refractivity contribution in [2.24, 2.45) is 7.05 Å². The summed E-state index contributed by atoms with van der Waals surface area (Å²) in [5.41, 5.74) is 1.16. The third-order valence-electron chi connectivity index (χ3n) is 2.70. The van der Waals surface area contributed by atoms with E-state index in [2.05, 4.69) is 5.32 Å². The van der Waals surface area contributed by atoms with Crippen molar-refractivity contribution in [1.29, 1.82) is 0 Å². The number of nitrogens with zero attached hydrogens (tertiary/aromatic N) is 2. The average Bonchev–Trinajstić information content (AvgIpc) is 2.67. The van der Waals surface area contributed by atoms with Gasteiger partial charge in [0.2, 0.25) is 0 Å². The molecule has 4 nitrogen and oxygen atoms in total. The predicted molar refractivity (Wildman–Crippen MR) is 69.2 cm³/mol. The van der Waals surface area contributed by atoms with Gasteiger partial charge in [-0.15, -0.1) is 0 Å². The van der Waals surface area contributed by atoms with Crippen LogP contribution in [0.2, 0.25) is 0 Å². The highest BCUT2D eigenvalue weighted by molar-refractivity contribution is 5.42. The number of benzene rings is 1. The summed E-state index contributed by atoms with van der Waals surface area (Å²) < 4.78 is 3.32. The van der Waals surface area contributed by atoms with Gasteiger partial charge in [0.15, 0.2) is 0 Å². The van der Waals surface area contributed by atoms with Gasteiger partial charge < -0.3 is 9.88 Å². The first-order chi connectivity index (χ1) is 8.27. The van der Waals surface area contributed by atoms with Gasteiger partial charge in [-0.05, 0) is 18.6 Å². The molecular formula is C13H17N3O. The molecule has 0 amide bonds. The van der Waals surface area contributed by atoms with Gasteiger partial charge >= 0.3 is 5.69 Å². The monoisotopic (exact) mass is 231 g/mol. The van der Waals surface area contributed by atoms with Gasteiger partial charge in [0, 0.05) is 38.2 Å². The maximum Gasteiger partial charge on any atom is 0.327 e. The molecule has 0 unspecified atom stereocenters. The van der Waals surface area contributed by atoms with Crippen LogP contribution in [-0.2, 0) is 13.6 Å². The summed E-state index contributed by atoms with van der Waals surface area (Å²) in [6, 6.07) is 10.1. The molecule has 0 atom stereocenters. The van der Waals surface area contributed by atoms with E-state index in [0.717, 1.165) is 25.2 Å². The normalized spacial score (nSPS) is 10.4. The number of imidazole rings is 1. The minimum Gasteiger partial charge on any atom is -0.385 e. The second kappa shape index (κ2) is 5.39. The number of para-hydroxylation sites is 1. The molecule has 1 aromatic carbocycles. The summed E-state index contributed by atoms with van der Waals surface area (Å²) in [6.45, 7) is 1.62. The fraction of sp³-hybridized carbons (Fsp3) is 0.308. The number of aromatic nitrogens is 2. The van der Waals surface area contributed by atoms with Crippen LogP contribution < -0.4 is 11.0 Å². The van der Waals surface area contributed by atoms with Gasteiger partial charge in [-0.1, -0.05) is 18.2 Å². The SMILES string of the molecule is Cn1ccn(CCCNc2ccccc2)c1=O. The standard InChI is InChI=1S/C13H17N3O/c1-15-10-11-16(13(15)17)9-5-8-14-12-6-3-2-4-7-12/h2-4,6-7,10-11,14H,5,8-9H2,1H3. The maximum atomic E-state index is 11.5. The Balaban J connectivity index is 1.77. The van der Waals surface area contributed by atoms with Crippen molar-refractivity contribution in [3.05, 3.63) is 53.2 Å². The van der Waals surface area contributed by atoms with Crippen LogP contribution in [0.4, 0.5) is 5.69 Å². The zero-order valence-corrected chi connectivity index (χ0v) is 9.97. The van der Waals surface area contributed by atoms with Crippen LogP contribution in [0.3, 0.4) is 0 Å². The quantitative estimate of drug-likeness (QED) is 0.795. The molecule has 0 radical (unpaired) electrons. The summed E-state index contributed by atoms with van der Waals surface area (Å²) >= 11 is 0. The topological polar surface area (TPSA) is 39.0 Å². The van der Waals surface area contributed by atoms with Crippen molar-refractivity contribution in [2.75, 3.05) is 11.9 Å². The van der Waals surface area contributed by atoms with Crippen LogP contribution in [0.25, 0.3) is 0 Å². The fourth-order valence-electron chi connectivity index (χ4n) is 1.72. The van der Waals surface area contributed by atoms with Gasteiger partial charge in [-0.3, -0.25) is 4.57 Å². The summed E-state index contributed by atoms with van der Waals surface area (Å²) in [6.07, 6.45) is 4.54.